The molecule has 0 unspecified atom stereocenters. The maximum absolute atomic E-state index is 13.3. The molecule has 1 amide bonds. The third kappa shape index (κ3) is 3.60. The molecule has 4 rings (SSSR count). The predicted molar refractivity (Wildman–Crippen MR) is 113 cm³/mol. The molecule has 0 spiro atoms. The minimum Gasteiger partial charge on any atom is -0.375 e. The molecule has 7 heteroatoms. The minimum absolute atomic E-state index is 0.125. The van der Waals surface area contributed by atoms with Gasteiger partial charge in [0.15, 0.2) is 11.4 Å². The lowest BCUT2D eigenvalue weighted by Gasteiger charge is -2.23. The highest BCUT2D eigenvalue weighted by molar-refractivity contribution is 6.31. The van der Waals surface area contributed by atoms with Crippen LogP contribution in [0.3, 0.4) is 0 Å². The molecule has 4 nitrogen and oxygen atoms in total. The van der Waals surface area contributed by atoms with Crippen molar-refractivity contribution in [2.75, 3.05) is 4.90 Å². The van der Waals surface area contributed by atoms with Gasteiger partial charge in [-0.15, -0.1) is 0 Å². The smallest absolute Gasteiger partial charge is 0.264 e. The highest BCUT2D eigenvalue weighted by Crippen LogP contribution is 2.45. The maximum atomic E-state index is 13.3. The number of aliphatic hydroxyl groups is 1. The molecule has 1 aliphatic rings. The van der Waals surface area contributed by atoms with Crippen LogP contribution in [-0.2, 0) is 16.9 Å². The molecule has 1 heterocycles. The Bertz CT molecular complexity index is 1150. The Kier molecular flexibility index (Phi) is 5.36. The summed E-state index contributed by atoms with van der Waals surface area (Å²) in [7, 11) is 0. The summed E-state index contributed by atoms with van der Waals surface area (Å²) in [5, 5.41) is 12.2. The van der Waals surface area contributed by atoms with E-state index in [1.807, 2.05) is 0 Å². The van der Waals surface area contributed by atoms with E-state index in [2.05, 4.69) is 0 Å². The Balaban J connectivity index is 1.72. The summed E-state index contributed by atoms with van der Waals surface area (Å²) in [6, 6.07) is 16.8. The maximum Gasteiger partial charge on any atom is 0.264 e. The molecule has 0 aliphatic carbocycles. The van der Waals surface area contributed by atoms with Crippen LogP contribution in [-0.4, -0.2) is 16.8 Å². The van der Waals surface area contributed by atoms with Crippen LogP contribution in [0.2, 0.25) is 10.0 Å². The topological polar surface area (TPSA) is 57.6 Å². The van der Waals surface area contributed by atoms with Gasteiger partial charge >= 0.3 is 0 Å². The number of hydrogen-bond donors (Lipinski definition) is 1. The Morgan fingerprint density at radius 1 is 1.03 bits per heavy atom. The van der Waals surface area contributed by atoms with Crippen molar-refractivity contribution < 1.29 is 19.1 Å². The van der Waals surface area contributed by atoms with Crippen LogP contribution in [0.1, 0.15) is 27.9 Å². The number of anilines is 1. The number of fused-ring (bicyclic) bond motifs is 1. The van der Waals surface area contributed by atoms with Crippen LogP contribution >= 0.6 is 23.2 Å². The van der Waals surface area contributed by atoms with Gasteiger partial charge in [-0.3, -0.25) is 9.59 Å². The Hall–Kier alpha value is -2.73. The van der Waals surface area contributed by atoms with Gasteiger partial charge in [-0.1, -0.05) is 41.4 Å². The summed E-state index contributed by atoms with van der Waals surface area (Å²) in [4.78, 5) is 27.5. The van der Waals surface area contributed by atoms with Crippen LogP contribution in [0.4, 0.5) is 10.1 Å². The second-order valence-electron chi connectivity index (χ2n) is 7.11. The van der Waals surface area contributed by atoms with Crippen LogP contribution in [0.5, 0.6) is 0 Å². The van der Waals surface area contributed by atoms with Crippen molar-refractivity contribution in [1.29, 1.82) is 0 Å². The van der Waals surface area contributed by atoms with E-state index in [0.717, 1.165) is 12.1 Å². The Morgan fingerprint density at radius 3 is 2.43 bits per heavy atom. The first-order valence-corrected chi connectivity index (χ1v) is 9.92. The first-order valence-electron chi connectivity index (χ1n) is 9.16. The molecule has 152 valence electrons. The van der Waals surface area contributed by atoms with Crippen molar-refractivity contribution in [1.82, 2.24) is 0 Å². The van der Waals surface area contributed by atoms with E-state index < -0.39 is 29.5 Å². The van der Waals surface area contributed by atoms with E-state index in [4.69, 9.17) is 23.2 Å². The second kappa shape index (κ2) is 7.84. The van der Waals surface area contributed by atoms with Crippen molar-refractivity contribution >= 4 is 40.6 Å². The van der Waals surface area contributed by atoms with Crippen molar-refractivity contribution in [3.05, 3.63) is 99.3 Å². The van der Waals surface area contributed by atoms with Crippen LogP contribution in [0.15, 0.2) is 66.7 Å². The van der Waals surface area contributed by atoms with E-state index in [0.29, 0.717) is 21.3 Å². The van der Waals surface area contributed by atoms with E-state index in [-0.39, 0.29) is 17.7 Å². The van der Waals surface area contributed by atoms with Crippen molar-refractivity contribution in [3.8, 4) is 0 Å². The van der Waals surface area contributed by atoms with E-state index >= 15 is 0 Å². The molecule has 1 atom stereocenters. The molecule has 0 radical (unpaired) electrons. The Labute approximate surface area is 182 Å². The standard InChI is InChI=1S/C23H16Cl2FNO3/c24-16-7-10-20-18(11-16)23(30,12-21(28)14-5-8-17(26)9-6-14)22(29)27(20)13-15-3-1-2-4-19(15)25/h1-11,30H,12-13H2/t23-/m0/s1. The number of nitrogens with zero attached hydrogens (tertiary/aromatic N) is 1. The van der Waals surface area contributed by atoms with Gasteiger partial charge in [-0.2, -0.15) is 0 Å². The minimum atomic E-state index is -2.09. The molecule has 30 heavy (non-hydrogen) atoms. The fourth-order valence-corrected chi connectivity index (χ4v) is 3.99. The number of rotatable bonds is 5. The van der Waals surface area contributed by atoms with Gasteiger partial charge in [0.1, 0.15) is 5.82 Å². The average Bonchev–Trinajstić information content (AvgIpc) is 2.91. The third-order valence-corrected chi connectivity index (χ3v) is 5.77. The van der Waals surface area contributed by atoms with E-state index in [9.17, 15) is 19.1 Å². The summed E-state index contributed by atoms with van der Waals surface area (Å²) >= 11 is 12.4. The monoisotopic (exact) mass is 443 g/mol. The molecule has 3 aromatic carbocycles. The van der Waals surface area contributed by atoms with E-state index in [1.54, 1.807) is 36.4 Å². The van der Waals surface area contributed by atoms with Gasteiger partial charge in [-0.05, 0) is 54.1 Å². The van der Waals surface area contributed by atoms with Crippen molar-refractivity contribution in [3.63, 3.8) is 0 Å². The molecule has 0 saturated carbocycles. The third-order valence-electron chi connectivity index (χ3n) is 5.16. The molecule has 0 fully saturated rings. The number of halogens is 3. The SMILES string of the molecule is O=C(C[C@@]1(O)C(=O)N(Cc2ccccc2Cl)c2ccc(Cl)cc21)c1ccc(F)cc1. The second-order valence-corrected chi connectivity index (χ2v) is 7.95. The summed E-state index contributed by atoms with van der Waals surface area (Å²) in [5.74, 6) is -1.61. The van der Waals surface area contributed by atoms with Gasteiger partial charge in [0, 0.05) is 21.2 Å². The molecule has 0 saturated heterocycles. The first-order chi connectivity index (χ1) is 14.3. The fraction of sp³-hybridized carbons (Fsp3) is 0.130. The number of amides is 1. The van der Waals surface area contributed by atoms with Gasteiger partial charge in [0.2, 0.25) is 0 Å². The van der Waals surface area contributed by atoms with Crippen molar-refractivity contribution in [2.24, 2.45) is 0 Å². The van der Waals surface area contributed by atoms with E-state index in [1.165, 1.54) is 23.1 Å². The first kappa shape index (κ1) is 20.5. The lowest BCUT2D eigenvalue weighted by Crippen LogP contribution is -2.41. The highest BCUT2D eigenvalue weighted by Gasteiger charge is 2.51. The molecule has 0 aromatic heterocycles. The average molecular weight is 444 g/mol. The van der Waals surface area contributed by atoms with Crippen LogP contribution in [0.25, 0.3) is 0 Å². The van der Waals surface area contributed by atoms with Gasteiger partial charge in [0.25, 0.3) is 5.91 Å². The lowest BCUT2D eigenvalue weighted by atomic mass is 9.88. The quantitative estimate of drug-likeness (QED) is 0.555. The van der Waals surface area contributed by atoms with Gasteiger partial charge < -0.3 is 10.0 Å². The zero-order valence-corrected chi connectivity index (χ0v) is 17.1. The molecule has 1 N–H and O–H groups in total. The molecule has 0 bridgehead atoms. The number of carbonyl (C=O) groups excluding carboxylic acids is 2. The molecular weight excluding hydrogens is 428 g/mol. The molecule has 3 aromatic rings. The van der Waals surface area contributed by atoms with Crippen LogP contribution in [0, 0.1) is 5.82 Å². The summed E-state index contributed by atoms with van der Waals surface area (Å²) in [6.07, 6.45) is -0.496. The molecular formula is C23H16Cl2FNO3. The van der Waals surface area contributed by atoms with Crippen molar-refractivity contribution in [2.45, 2.75) is 18.6 Å². The number of Topliss-reactive ketones (excluding diaryl/α,β-unsaturated/α-hetero) is 1. The number of benzene rings is 3. The van der Waals surface area contributed by atoms with Gasteiger partial charge in [-0.25, -0.2) is 4.39 Å². The number of ketones is 1. The summed E-state index contributed by atoms with van der Waals surface area (Å²) in [5.41, 5.74) is -0.484. The molecule has 1 aliphatic heterocycles. The number of carbonyl (C=O) groups is 2. The predicted octanol–water partition coefficient (Wildman–Crippen LogP) is 5.14. The normalized spacial score (nSPS) is 17.9. The largest absolute Gasteiger partial charge is 0.375 e. The fourth-order valence-electron chi connectivity index (χ4n) is 3.62. The summed E-state index contributed by atoms with van der Waals surface area (Å²) in [6.45, 7) is 0.125. The van der Waals surface area contributed by atoms with Crippen LogP contribution < -0.4 is 4.90 Å². The zero-order chi connectivity index (χ0) is 21.5. The zero-order valence-electron chi connectivity index (χ0n) is 15.6. The summed E-state index contributed by atoms with van der Waals surface area (Å²) < 4.78 is 13.2. The highest BCUT2D eigenvalue weighted by atomic mass is 35.5. The lowest BCUT2D eigenvalue weighted by molar-refractivity contribution is -0.136. The van der Waals surface area contributed by atoms with Gasteiger partial charge in [0.05, 0.1) is 18.7 Å². The Morgan fingerprint density at radius 2 is 1.73 bits per heavy atom. The number of hydrogen-bond acceptors (Lipinski definition) is 3.